The molecule has 0 aliphatic carbocycles. The summed E-state index contributed by atoms with van der Waals surface area (Å²) in [5, 5.41) is 13.3. The number of aromatic amines is 1. The van der Waals surface area contributed by atoms with E-state index in [9.17, 15) is 13.2 Å². The van der Waals surface area contributed by atoms with Crippen molar-refractivity contribution in [1.82, 2.24) is 19.6 Å². The van der Waals surface area contributed by atoms with Gasteiger partial charge in [0, 0.05) is 11.6 Å². The first kappa shape index (κ1) is 12.3. The van der Waals surface area contributed by atoms with Crippen LogP contribution in [0, 0.1) is 11.3 Å². The zero-order valence-electron chi connectivity index (χ0n) is 10.2. The summed E-state index contributed by atoms with van der Waals surface area (Å²) in [4.78, 5) is 18.1. The standard InChI is InChI=1S/C11H7N5O3S/c1-20(18,19)9-3-8-7(2-6(9)4-12)10-13-5-14-16(10)11(17)15-8/h2-3,5H,1H3,(H,13,14). The highest BCUT2D eigenvalue weighted by Gasteiger charge is 2.17. The molecule has 2 aromatic heterocycles. The highest BCUT2D eigenvalue weighted by molar-refractivity contribution is 7.90. The van der Waals surface area contributed by atoms with Gasteiger partial charge in [0.2, 0.25) is 0 Å². The molecule has 0 aliphatic heterocycles. The third kappa shape index (κ3) is 1.66. The Kier molecular flexibility index (Phi) is 2.39. The van der Waals surface area contributed by atoms with Crippen LogP contribution in [0.4, 0.5) is 0 Å². The van der Waals surface area contributed by atoms with Crippen molar-refractivity contribution in [2.45, 2.75) is 4.90 Å². The highest BCUT2D eigenvalue weighted by Crippen LogP contribution is 2.23. The Morgan fingerprint density at radius 3 is 2.80 bits per heavy atom. The number of nitriles is 1. The first-order valence-corrected chi connectivity index (χ1v) is 7.31. The minimum absolute atomic E-state index is 0.00283. The normalized spacial score (nSPS) is 11.8. The molecule has 0 atom stereocenters. The molecule has 0 radical (unpaired) electrons. The van der Waals surface area contributed by atoms with Crippen LogP contribution in [0.25, 0.3) is 16.6 Å². The predicted molar refractivity (Wildman–Crippen MR) is 68.9 cm³/mol. The number of sulfone groups is 1. The van der Waals surface area contributed by atoms with Gasteiger partial charge in [-0.1, -0.05) is 0 Å². The topological polar surface area (TPSA) is 121 Å². The molecule has 0 aliphatic rings. The summed E-state index contributed by atoms with van der Waals surface area (Å²) in [6, 6.07) is 4.45. The summed E-state index contributed by atoms with van der Waals surface area (Å²) in [5.74, 6) is 0. The first-order chi connectivity index (χ1) is 9.41. The van der Waals surface area contributed by atoms with E-state index in [4.69, 9.17) is 5.26 Å². The molecular weight excluding hydrogens is 282 g/mol. The second-order valence-corrected chi connectivity index (χ2v) is 6.18. The molecule has 9 heteroatoms. The van der Waals surface area contributed by atoms with E-state index < -0.39 is 15.5 Å². The molecule has 0 saturated heterocycles. The molecule has 2 heterocycles. The van der Waals surface area contributed by atoms with Gasteiger partial charge in [0.05, 0.1) is 16.0 Å². The van der Waals surface area contributed by atoms with E-state index in [2.05, 4.69) is 15.1 Å². The number of hydrogen-bond acceptors (Lipinski definition) is 6. The van der Waals surface area contributed by atoms with E-state index in [1.807, 2.05) is 6.07 Å². The van der Waals surface area contributed by atoms with Crippen LogP contribution < -0.4 is 5.69 Å². The molecule has 0 amide bonds. The third-order valence-corrected chi connectivity index (χ3v) is 3.99. The first-order valence-electron chi connectivity index (χ1n) is 5.42. The highest BCUT2D eigenvalue weighted by atomic mass is 32.2. The lowest BCUT2D eigenvalue weighted by atomic mass is 10.1. The van der Waals surface area contributed by atoms with Crippen molar-refractivity contribution in [3.63, 3.8) is 0 Å². The molecule has 0 unspecified atom stereocenters. The molecule has 0 saturated carbocycles. The smallest absolute Gasteiger partial charge is 0.329 e. The Balaban J connectivity index is 2.59. The van der Waals surface area contributed by atoms with Crippen molar-refractivity contribution in [3.8, 4) is 6.07 Å². The second-order valence-electron chi connectivity index (χ2n) is 4.19. The van der Waals surface area contributed by atoms with Gasteiger partial charge in [-0.25, -0.2) is 13.2 Å². The number of hydrogen-bond donors (Lipinski definition) is 1. The third-order valence-electron chi connectivity index (χ3n) is 2.86. The average Bonchev–Trinajstić information content (AvgIpc) is 2.86. The van der Waals surface area contributed by atoms with Crippen LogP contribution in [-0.4, -0.2) is 34.3 Å². The van der Waals surface area contributed by atoms with E-state index in [0.717, 1.165) is 10.8 Å². The maximum atomic E-state index is 11.7. The lowest BCUT2D eigenvalue weighted by molar-refractivity contribution is 0.601. The fraction of sp³-hybridized carbons (Fsp3) is 0.0909. The van der Waals surface area contributed by atoms with E-state index >= 15 is 0 Å². The van der Waals surface area contributed by atoms with Gasteiger partial charge in [-0.2, -0.15) is 19.9 Å². The Labute approximate surface area is 112 Å². The zero-order chi connectivity index (χ0) is 14.5. The van der Waals surface area contributed by atoms with Crippen molar-refractivity contribution >= 4 is 26.4 Å². The minimum atomic E-state index is -3.59. The molecule has 20 heavy (non-hydrogen) atoms. The van der Waals surface area contributed by atoms with Crippen molar-refractivity contribution in [2.75, 3.05) is 6.26 Å². The van der Waals surface area contributed by atoms with Crippen LogP contribution >= 0.6 is 0 Å². The molecule has 3 aromatic rings. The molecule has 1 aromatic carbocycles. The number of nitrogens with one attached hydrogen (secondary N) is 1. The number of benzene rings is 1. The van der Waals surface area contributed by atoms with Crippen LogP contribution in [0.5, 0.6) is 0 Å². The summed E-state index contributed by atoms with van der Waals surface area (Å²) in [5.41, 5.74) is -0.0786. The molecular formula is C11H7N5O3S. The van der Waals surface area contributed by atoms with Gasteiger partial charge in [-0.3, -0.25) is 0 Å². The van der Waals surface area contributed by atoms with Crippen LogP contribution in [0.1, 0.15) is 5.56 Å². The number of fused-ring (bicyclic) bond motifs is 3. The largest absolute Gasteiger partial charge is 0.370 e. The van der Waals surface area contributed by atoms with Crippen LogP contribution in [0.3, 0.4) is 0 Å². The van der Waals surface area contributed by atoms with Gasteiger partial charge in [-0.15, -0.1) is 0 Å². The lowest BCUT2D eigenvalue weighted by Gasteiger charge is -2.04. The van der Waals surface area contributed by atoms with Crippen molar-refractivity contribution in [2.24, 2.45) is 0 Å². The minimum Gasteiger partial charge on any atom is -0.329 e. The molecule has 1 N–H and O–H groups in total. The van der Waals surface area contributed by atoms with E-state index in [1.165, 1.54) is 18.5 Å². The average molecular weight is 289 g/mol. The number of aromatic nitrogens is 4. The molecule has 3 rings (SSSR count). The van der Waals surface area contributed by atoms with Crippen LogP contribution in [-0.2, 0) is 9.84 Å². The van der Waals surface area contributed by atoms with E-state index in [0.29, 0.717) is 11.0 Å². The summed E-state index contributed by atoms with van der Waals surface area (Å²) in [6.07, 6.45) is 2.31. The second kappa shape index (κ2) is 3.88. The SMILES string of the molecule is CS(=O)(=O)c1cc2nc(=O)n3nc[nH]c3c2cc1C#N. The fourth-order valence-electron chi connectivity index (χ4n) is 2.00. The fourth-order valence-corrected chi connectivity index (χ4v) is 2.83. The summed E-state index contributed by atoms with van der Waals surface area (Å²) < 4.78 is 24.4. The Bertz CT molecular complexity index is 1060. The predicted octanol–water partition coefficient (Wildman–Crippen LogP) is -0.154. The summed E-state index contributed by atoms with van der Waals surface area (Å²) >= 11 is 0. The quantitative estimate of drug-likeness (QED) is 0.664. The van der Waals surface area contributed by atoms with E-state index in [-0.39, 0.29) is 16.0 Å². The molecule has 0 spiro atoms. The summed E-state index contributed by atoms with van der Waals surface area (Å²) in [7, 11) is -3.59. The monoisotopic (exact) mass is 289 g/mol. The van der Waals surface area contributed by atoms with E-state index in [1.54, 1.807) is 0 Å². The Hall–Kier alpha value is -2.73. The molecule has 100 valence electrons. The van der Waals surface area contributed by atoms with Gasteiger partial charge in [0.25, 0.3) is 0 Å². The number of rotatable bonds is 1. The van der Waals surface area contributed by atoms with Gasteiger partial charge in [0.15, 0.2) is 9.84 Å². The Morgan fingerprint density at radius 2 is 2.15 bits per heavy atom. The molecule has 0 fully saturated rings. The van der Waals surface area contributed by atoms with Crippen LogP contribution in [0.15, 0.2) is 28.2 Å². The van der Waals surface area contributed by atoms with Gasteiger partial charge in [-0.05, 0) is 12.1 Å². The summed E-state index contributed by atoms with van der Waals surface area (Å²) in [6.45, 7) is 0. The van der Waals surface area contributed by atoms with Crippen molar-refractivity contribution in [1.29, 1.82) is 5.26 Å². The molecule has 8 nitrogen and oxygen atoms in total. The maximum absolute atomic E-state index is 11.7. The van der Waals surface area contributed by atoms with Crippen LogP contribution in [0.2, 0.25) is 0 Å². The number of nitrogens with zero attached hydrogens (tertiary/aromatic N) is 4. The van der Waals surface area contributed by atoms with Gasteiger partial charge in [0.1, 0.15) is 18.0 Å². The zero-order valence-corrected chi connectivity index (χ0v) is 11.0. The van der Waals surface area contributed by atoms with Gasteiger partial charge < -0.3 is 4.98 Å². The molecule has 0 bridgehead atoms. The lowest BCUT2D eigenvalue weighted by Crippen LogP contribution is -2.17. The van der Waals surface area contributed by atoms with Crippen molar-refractivity contribution in [3.05, 3.63) is 34.5 Å². The Morgan fingerprint density at radius 1 is 1.40 bits per heavy atom. The van der Waals surface area contributed by atoms with Gasteiger partial charge >= 0.3 is 5.69 Å². The maximum Gasteiger partial charge on any atom is 0.370 e. The number of H-pyrrole nitrogens is 1. The van der Waals surface area contributed by atoms with Crippen molar-refractivity contribution < 1.29 is 8.42 Å².